The molecule has 4 rings (SSSR count). The van der Waals surface area contributed by atoms with Gasteiger partial charge in [-0.1, -0.05) is 19.1 Å². The molecule has 0 saturated carbocycles. The molecule has 1 aromatic heterocycles. The number of nitrogen functional groups attached to an aromatic ring is 1. The van der Waals surface area contributed by atoms with Crippen molar-refractivity contribution in [1.29, 1.82) is 5.26 Å². The van der Waals surface area contributed by atoms with Gasteiger partial charge in [-0.3, -0.25) is 0 Å². The predicted octanol–water partition coefficient (Wildman–Crippen LogP) is 3.41. The van der Waals surface area contributed by atoms with Crippen LogP contribution in [0.25, 0.3) is 10.9 Å². The Hall–Kier alpha value is -3.37. The fraction of sp³-hybridized carbons (Fsp3) is 0.318. The number of fused-ring (bicyclic) bond motifs is 1. The second kappa shape index (κ2) is 8.33. The van der Waals surface area contributed by atoms with E-state index in [4.69, 9.17) is 10.7 Å². The average Bonchev–Trinajstić information content (AvgIpc) is 3.20. The van der Waals surface area contributed by atoms with Crippen molar-refractivity contribution in [2.45, 2.75) is 25.8 Å². The van der Waals surface area contributed by atoms with E-state index in [0.29, 0.717) is 28.9 Å². The number of para-hydroxylation sites is 1. The summed E-state index contributed by atoms with van der Waals surface area (Å²) in [7, 11) is 0. The van der Waals surface area contributed by atoms with Crippen molar-refractivity contribution in [3.8, 4) is 6.07 Å². The van der Waals surface area contributed by atoms with Crippen molar-refractivity contribution in [3.63, 3.8) is 0 Å². The SMILES string of the molecule is CCCNC1CCN(c2nc(Nc3cc(N)cc(C#N)c3)nc3ccccc23)C1. The van der Waals surface area contributed by atoms with Crippen LogP contribution in [0.2, 0.25) is 0 Å². The molecule has 1 unspecified atom stereocenters. The molecule has 1 saturated heterocycles. The molecule has 0 spiro atoms. The summed E-state index contributed by atoms with van der Waals surface area (Å²) < 4.78 is 0. The number of benzene rings is 2. The minimum atomic E-state index is 0.479. The third kappa shape index (κ3) is 4.23. The first-order valence-corrected chi connectivity index (χ1v) is 9.99. The molecule has 1 fully saturated rings. The van der Waals surface area contributed by atoms with E-state index in [1.807, 2.05) is 18.2 Å². The second-order valence-electron chi connectivity index (χ2n) is 7.35. The lowest BCUT2D eigenvalue weighted by Gasteiger charge is -2.20. The zero-order valence-electron chi connectivity index (χ0n) is 16.5. The van der Waals surface area contributed by atoms with Gasteiger partial charge in [0.1, 0.15) is 5.82 Å². The number of anilines is 4. The van der Waals surface area contributed by atoms with Crippen LogP contribution in [0.5, 0.6) is 0 Å². The largest absolute Gasteiger partial charge is 0.399 e. The number of hydrogen-bond donors (Lipinski definition) is 3. The van der Waals surface area contributed by atoms with Gasteiger partial charge in [0.15, 0.2) is 0 Å². The highest BCUT2D eigenvalue weighted by Gasteiger charge is 2.25. The molecule has 0 amide bonds. The van der Waals surface area contributed by atoms with E-state index in [-0.39, 0.29) is 0 Å². The Morgan fingerprint density at radius 2 is 2.10 bits per heavy atom. The Morgan fingerprint density at radius 3 is 2.93 bits per heavy atom. The highest BCUT2D eigenvalue weighted by Crippen LogP contribution is 2.29. The van der Waals surface area contributed by atoms with E-state index in [1.54, 1.807) is 18.2 Å². The number of nitrogens with zero attached hydrogens (tertiary/aromatic N) is 4. The molecule has 7 heteroatoms. The van der Waals surface area contributed by atoms with Crippen molar-refractivity contribution >= 4 is 34.0 Å². The van der Waals surface area contributed by atoms with Crippen LogP contribution in [0.1, 0.15) is 25.3 Å². The molecular formula is C22H25N7. The van der Waals surface area contributed by atoms with E-state index in [2.05, 4.69) is 39.6 Å². The first-order chi connectivity index (χ1) is 14.2. The Bertz CT molecular complexity index is 1060. The van der Waals surface area contributed by atoms with Crippen molar-refractivity contribution in [3.05, 3.63) is 48.0 Å². The molecule has 2 heterocycles. The topological polar surface area (TPSA) is 103 Å². The van der Waals surface area contributed by atoms with Gasteiger partial charge in [0.25, 0.3) is 0 Å². The standard InChI is InChI=1S/C22H25N7/c1-2-8-25-17-7-9-29(14-17)21-19-5-3-4-6-20(19)27-22(28-21)26-18-11-15(13-23)10-16(24)12-18/h3-6,10-12,17,25H,2,7-9,14,24H2,1H3,(H,26,27,28). The zero-order chi connectivity index (χ0) is 20.2. The summed E-state index contributed by atoms with van der Waals surface area (Å²) in [6.07, 6.45) is 2.23. The lowest BCUT2D eigenvalue weighted by atomic mass is 10.2. The van der Waals surface area contributed by atoms with E-state index >= 15 is 0 Å². The number of rotatable bonds is 6. The molecule has 1 aliphatic rings. The number of nitriles is 1. The molecule has 1 atom stereocenters. The van der Waals surface area contributed by atoms with Gasteiger partial charge >= 0.3 is 0 Å². The summed E-state index contributed by atoms with van der Waals surface area (Å²) in [6.45, 7) is 5.10. The molecule has 1 aliphatic heterocycles. The van der Waals surface area contributed by atoms with Crippen LogP contribution < -0.4 is 21.3 Å². The zero-order valence-corrected chi connectivity index (χ0v) is 16.5. The molecule has 4 N–H and O–H groups in total. The lowest BCUT2D eigenvalue weighted by molar-refractivity contribution is 0.549. The van der Waals surface area contributed by atoms with Gasteiger partial charge in [0, 0.05) is 35.9 Å². The van der Waals surface area contributed by atoms with Crippen molar-refractivity contribution in [2.75, 3.05) is 35.6 Å². The maximum Gasteiger partial charge on any atom is 0.229 e. The Morgan fingerprint density at radius 1 is 1.24 bits per heavy atom. The summed E-state index contributed by atoms with van der Waals surface area (Å²) in [5, 5.41) is 17.1. The normalized spacial score (nSPS) is 16.1. The molecule has 7 nitrogen and oxygen atoms in total. The van der Waals surface area contributed by atoms with Crippen LogP contribution in [0.4, 0.5) is 23.1 Å². The van der Waals surface area contributed by atoms with Crippen LogP contribution in [0, 0.1) is 11.3 Å². The molecular weight excluding hydrogens is 362 g/mol. The quantitative estimate of drug-likeness (QED) is 0.557. The third-order valence-corrected chi connectivity index (χ3v) is 5.09. The first-order valence-electron chi connectivity index (χ1n) is 9.99. The van der Waals surface area contributed by atoms with Gasteiger partial charge in [0.05, 0.1) is 17.1 Å². The number of hydrogen-bond acceptors (Lipinski definition) is 7. The number of nitrogens with two attached hydrogens (primary N) is 1. The summed E-state index contributed by atoms with van der Waals surface area (Å²) in [5.41, 5.74) is 8.52. The second-order valence-corrected chi connectivity index (χ2v) is 7.35. The van der Waals surface area contributed by atoms with E-state index in [9.17, 15) is 5.26 Å². The smallest absolute Gasteiger partial charge is 0.229 e. The van der Waals surface area contributed by atoms with Crippen LogP contribution in [-0.2, 0) is 0 Å². The van der Waals surface area contributed by atoms with Crippen molar-refractivity contribution in [1.82, 2.24) is 15.3 Å². The summed E-state index contributed by atoms with van der Waals surface area (Å²) in [5.74, 6) is 1.43. The monoisotopic (exact) mass is 387 g/mol. The van der Waals surface area contributed by atoms with Gasteiger partial charge in [-0.25, -0.2) is 4.98 Å². The minimum Gasteiger partial charge on any atom is -0.399 e. The molecule has 29 heavy (non-hydrogen) atoms. The number of aromatic nitrogens is 2. The molecule has 0 aliphatic carbocycles. The van der Waals surface area contributed by atoms with E-state index < -0.39 is 0 Å². The summed E-state index contributed by atoms with van der Waals surface area (Å²) in [6, 6.07) is 15.8. The minimum absolute atomic E-state index is 0.479. The predicted molar refractivity (Wildman–Crippen MR) is 117 cm³/mol. The highest BCUT2D eigenvalue weighted by molar-refractivity contribution is 5.91. The van der Waals surface area contributed by atoms with Gasteiger partial charge in [-0.2, -0.15) is 10.2 Å². The molecule has 3 aromatic rings. The van der Waals surface area contributed by atoms with Gasteiger partial charge in [-0.15, -0.1) is 0 Å². The average molecular weight is 387 g/mol. The van der Waals surface area contributed by atoms with Gasteiger partial charge < -0.3 is 21.3 Å². The van der Waals surface area contributed by atoms with E-state index in [1.165, 1.54) is 0 Å². The fourth-order valence-corrected chi connectivity index (χ4v) is 3.74. The molecule has 2 aromatic carbocycles. The van der Waals surface area contributed by atoms with Crippen LogP contribution in [-0.4, -0.2) is 35.6 Å². The highest BCUT2D eigenvalue weighted by atomic mass is 15.3. The van der Waals surface area contributed by atoms with Crippen LogP contribution in [0.3, 0.4) is 0 Å². The van der Waals surface area contributed by atoms with Crippen LogP contribution in [0.15, 0.2) is 42.5 Å². The van der Waals surface area contributed by atoms with Crippen LogP contribution >= 0.6 is 0 Å². The van der Waals surface area contributed by atoms with Crippen molar-refractivity contribution < 1.29 is 0 Å². The van der Waals surface area contributed by atoms with Crippen molar-refractivity contribution in [2.24, 2.45) is 0 Å². The Balaban J connectivity index is 1.67. The summed E-state index contributed by atoms with van der Waals surface area (Å²) >= 11 is 0. The Kier molecular flexibility index (Phi) is 5.45. The Labute approximate surface area is 170 Å². The van der Waals surface area contributed by atoms with E-state index in [0.717, 1.165) is 49.2 Å². The first kappa shape index (κ1) is 19.0. The van der Waals surface area contributed by atoms with Gasteiger partial charge in [0.2, 0.25) is 5.95 Å². The summed E-state index contributed by atoms with van der Waals surface area (Å²) in [4.78, 5) is 11.8. The lowest BCUT2D eigenvalue weighted by Crippen LogP contribution is -2.33. The number of nitrogens with one attached hydrogen (secondary N) is 2. The third-order valence-electron chi connectivity index (χ3n) is 5.09. The maximum atomic E-state index is 9.19. The maximum absolute atomic E-state index is 9.19. The fourth-order valence-electron chi connectivity index (χ4n) is 3.74. The molecule has 0 radical (unpaired) electrons. The molecule has 0 bridgehead atoms. The van der Waals surface area contributed by atoms with Gasteiger partial charge in [-0.05, 0) is 49.7 Å². The molecule has 148 valence electrons.